The van der Waals surface area contributed by atoms with E-state index in [1.807, 2.05) is 30.3 Å². The fraction of sp³-hybridized carbons (Fsp3) is 0.244. The lowest BCUT2D eigenvalue weighted by Gasteiger charge is -2.36. The fourth-order valence-corrected chi connectivity index (χ4v) is 7.64. The van der Waals surface area contributed by atoms with E-state index in [1.54, 1.807) is 6.20 Å². The van der Waals surface area contributed by atoms with Crippen molar-refractivity contribution in [3.8, 4) is 6.07 Å². The Labute approximate surface area is 275 Å². The Morgan fingerprint density at radius 2 is 1.70 bits per heavy atom. The second-order valence-electron chi connectivity index (χ2n) is 13.2. The number of benzene rings is 4. The topological polar surface area (TPSA) is 57.0 Å². The average molecular weight is 622 g/mol. The normalized spacial score (nSPS) is 17.3. The first-order chi connectivity index (χ1) is 22.3. The van der Waals surface area contributed by atoms with Crippen LogP contribution in [0.1, 0.15) is 72.5 Å². The number of pyridine rings is 1. The first-order valence-corrected chi connectivity index (χ1v) is 16.4. The van der Waals surface area contributed by atoms with Crippen LogP contribution in [0.25, 0.3) is 27.2 Å². The molecule has 1 saturated heterocycles. The SMILES string of the molecule is CC1(C)CC=CC2=C1CC(=O)c1c2ccc2cc(N3CCC(c4ccccc4)CC3)cc(Cl)c12.N#Cc1cnc2ccccc2c1. The number of anilines is 1. The van der Waals surface area contributed by atoms with E-state index in [4.69, 9.17) is 16.9 Å². The van der Waals surface area contributed by atoms with Crippen LogP contribution in [0.5, 0.6) is 0 Å². The van der Waals surface area contributed by atoms with Gasteiger partial charge in [0.1, 0.15) is 6.07 Å². The maximum atomic E-state index is 13.4. The van der Waals surface area contributed by atoms with Gasteiger partial charge >= 0.3 is 0 Å². The molecular formula is C41H36ClN3O. The van der Waals surface area contributed by atoms with Crippen LogP contribution in [0.2, 0.25) is 5.02 Å². The largest absolute Gasteiger partial charge is 0.371 e. The number of para-hydroxylation sites is 1. The van der Waals surface area contributed by atoms with Crippen molar-refractivity contribution in [1.29, 1.82) is 5.26 Å². The number of carbonyl (C=O) groups excluding carboxylic acids is 1. The van der Waals surface area contributed by atoms with E-state index in [-0.39, 0.29) is 11.2 Å². The van der Waals surface area contributed by atoms with Crippen LogP contribution < -0.4 is 4.90 Å². The number of halogens is 1. The zero-order valence-corrected chi connectivity index (χ0v) is 27.0. The summed E-state index contributed by atoms with van der Waals surface area (Å²) >= 11 is 6.93. The highest BCUT2D eigenvalue weighted by atomic mass is 35.5. The van der Waals surface area contributed by atoms with Crippen LogP contribution in [0, 0.1) is 16.7 Å². The molecule has 4 aromatic carbocycles. The molecule has 46 heavy (non-hydrogen) atoms. The maximum absolute atomic E-state index is 13.4. The summed E-state index contributed by atoms with van der Waals surface area (Å²) in [7, 11) is 0. The van der Waals surface area contributed by atoms with Gasteiger partial charge < -0.3 is 4.90 Å². The zero-order chi connectivity index (χ0) is 31.8. The summed E-state index contributed by atoms with van der Waals surface area (Å²) in [4.78, 5) is 20.0. The number of fused-ring (bicyclic) bond motifs is 5. The van der Waals surface area contributed by atoms with E-state index in [0.717, 1.165) is 70.8 Å². The molecule has 0 spiro atoms. The number of carbonyl (C=O) groups is 1. The number of Topliss-reactive ketones (excluding diaryl/α,β-unsaturated/α-hetero) is 1. The van der Waals surface area contributed by atoms with Crippen molar-refractivity contribution in [3.63, 3.8) is 0 Å². The summed E-state index contributed by atoms with van der Waals surface area (Å²) in [6, 6.07) is 31.1. The summed E-state index contributed by atoms with van der Waals surface area (Å²) in [6.45, 7) is 6.51. The number of aromatic nitrogens is 1. The Balaban J connectivity index is 0.000000236. The summed E-state index contributed by atoms with van der Waals surface area (Å²) in [6.07, 6.45) is 9.78. The lowest BCUT2D eigenvalue weighted by atomic mass is 9.68. The van der Waals surface area contributed by atoms with Crippen LogP contribution in [0.3, 0.4) is 0 Å². The van der Waals surface area contributed by atoms with Gasteiger partial charge in [-0.15, -0.1) is 0 Å². The molecule has 0 bridgehead atoms. The number of allylic oxidation sites excluding steroid dienone is 4. The highest BCUT2D eigenvalue weighted by Gasteiger charge is 2.35. The Morgan fingerprint density at radius 3 is 2.48 bits per heavy atom. The monoisotopic (exact) mass is 621 g/mol. The van der Waals surface area contributed by atoms with Crippen molar-refractivity contribution < 1.29 is 4.79 Å². The molecule has 3 aliphatic rings. The third-order valence-electron chi connectivity index (χ3n) is 9.87. The molecule has 0 N–H and O–H groups in total. The molecular weight excluding hydrogens is 586 g/mol. The standard InChI is InChI=1S/C31H30ClNO.C10H6N2/c1-31(2)14-6-9-24-25-11-10-22-17-23(18-27(32)29(22)30(25)28(34)19-26(24)31)33-15-12-21(13-16-33)20-7-4-3-5-8-20;11-6-8-5-9-3-1-2-4-10(9)12-7-8/h3-11,17-18,21H,12-16,19H2,1-2H3;1-5,7H. The second-order valence-corrected chi connectivity index (χ2v) is 13.6. The molecule has 228 valence electrons. The van der Waals surface area contributed by atoms with Crippen LogP contribution in [0.4, 0.5) is 5.69 Å². The van der Waals surface area contributed by atoms with E-state index >= 15 is 0 Å². The quantitative estimate of drug-likeness (QED) is 0.197. The van der Waals surface area contributed by atoms with Crippen LogP contribution in [-0.4, -0.2) is 23.9 Å². The Kier molecular flexibility index (Phi) is 7.97. The van der Waals surface area contributed by atoms with Crippen molar-refractivity contribution in [2.24, 2.45) is 5.41 Å². The molecule has 0 unspecified atom stereocenters. The molecule has 0 saturated carbocycles. The molecule has 0 amide bonds. The van der Waals surface area contributed by atoms with Gasteiger partial charge in [0.25, 0.3) is 0 Å². The number of hydrogen-bond donors (Lipinski definition) is 0. The van der Waals surface area contributed by atoms with Crippen molar-refractivity contribution in [2.75, 3.05) is 18.0 Å². The Hall–Kier alpha value is -4.72. The van der Waals surface area contributed by atoms with Gasteiger partial charge in [0.15, 0.2) is 5.78 Å². The van der Waals surface area contributed by atoms with Crippen molar-refractivity contribution in [1.82, 2.24) is 4.98 Å². The first-order valence-electron chi connectivity index (χ1n) is 16.1. The van der Waals surface area contributed by atoms with Gasteiger partial charge in [-0.2, -0.15) is 5.26 Å². The molecule has 0 atom stereocenters. The molecule has 1 fully saturated rings. The number of piperidine rings is 1. The van der Waals surface area contributed by atoms with Crippen LogP contribution in [-0.2, 0) is 0 Å². The maximum Gasteiger partial charge on any atom is 0.168 e. The van der Waals surface area contributed by atoms with E-state index < -0.39 is 0 Å². The molecule has 5 heteroatoms. The highest BCUT2D eigenvalue weighted by molar-refractivity contribution is 6.38. The first kappa shape index (κ1) is 30.0. The predicted octanol–water partition coefficient (Wildman–Crippen LogP) is 10.3. The summed E-state index contributed by atoms with van der Waals surface area (Å²) in [5.41, 5.74) is 8.48. The van der Waals surface area contributed by atoms with E-state index in [1.165, 1.54) is 16.7 Å². The third-order valence-corrected chi connectivity index (χ3v) is 10.2. The van der Waals surface area contributed by atoms with Crippen molar-refractivity contribution in [3.05, 3.63) is 136 Å². The third kappa shape index (κ3) is 5.61. The number of nitriles is 1. The van der Waals surface area contributed by atoms with Gasteiger partial charge in [0.05, 0.1) is 16.1 Å². The van der Waals surface area contributed by atoms with E-state index in [2.05, 4.69) is 96.5 Å². The lowest BCUT2D eigenvalue weighted by Crippen LogP contribution is -2.32. The Morgan fingerprint density at radius 1 is 0.935 bits per heavy atom. The molecule has 8 rings (SSSR count). The molecule has 5 aromatic rings. The summed E-state index contributed by atoms with van der Waals surface area (Å²) in [5, 5.41) is 12.3. The van der Waals surface area contributed by atoms with Gasteiger partial charge in [-0.05, 0) is 82.5 Å². The molecule has 1 aliphatic heterocycles. The van der Waals surface area contributed by atoms with Crippen molar-refractivity contribution >= 4 is 50.3 Å². The highest BCUT2D eigenvalue weighted by Crippen LogP contribution is 2.48. The Bertz CT molecular complexity index is 2080. The molecule has 2 heterocycles. The molecule has 1 aromatic heterocycles. The van der Waals surface area contributed by atoms with Crippen LogP contribution in [0.15, 0.2) is 109 Å². The number of ketones is 1. The minimum atomic E-state index is 0.0198. The lowest BCUT2D eigenvalue weighted by molar-refractivity contribution is 0.0985. The molecule has 0 radical (unpaired) electrons. The minimum absolute atomic E-state index is 0.0198. The van der Waals surface area contributed by atoms with Gasteiger partial charge in [-0.3, -0.25) is 9.78 Å². The zero-order valence-electron chi connectivity index (χ0n) is 26.3. The molecule has 4 nitrogen and oxygen atoms in total. The minimum Gasteiger partial charge on any atom is -0.371 e. The van der Waals surface area contributed by atoms with Crippen LogP contribution >= 0.6 is 11.6 Å². The number of hydrogen-bond acceptors (Lipinski definition) is 4. The predicted molar refractivity (Wildman–Crippen MR) is 189 cm³/mol. The average Bonchev–Trinajstić information content (AvgIpc) is 3.09. The number of nitrogens with zero attached hydrogens (tertiary/aromatic N) is 3. The van der Waals surface area contributed by atoms with E-state index in [0.29, 0.717) is 22.9 Å². The van der Waals surface area contributed by atoms with Gasteiger partial charge in [0, 0.05) is 47.7 Å². The van der Waals surface area contributed by atoms with Crippen molar-refractivity contribution in [2.45, 2.75) is 45.4 Å². The van der Waals surface area contributed by atoms with E-state index in [9.17, 15) is 4.79 Å². The van der Waals surface area contributed by atoms with Gasteiger partial charge in [-0.25, -0.2) is 0 Å². The second kappa shape index (κ2) is 12.2. The summed E-state index contributed by atoms with van der Waals surface area (Å²) in [5.74, 6) is 0.814. The summed E-state index contributed by atoms with van der Waals surface area (Å²) < 4.78 is 0. The fourth-order valence-electron chi connectivity index (χ4n) is 7.32. The molecule has 2 aliphatic carbocycles. The van der Waals surface area contributed by atoms with Gasteiger partial charge in [-0.1, -0.05) is 98.3 Å². The smallest absolute Gasteiger partial charge is 0.168 e. The van der Waals surface area contributed by atoms with Gasteiger partial charge in [0.2, 0.25) is 0 Å². The number of rotatable bonds is 2.